The van der Waals surface area contributed by atoms with Crippen LogP contribution in [0, 0.1) is 5.92 Å². The van der Waals surface area contributed by atoms with Crippen LogP contribution >= 0.6 is 28.6 Å². The summed E-state index contributed by atoms with van der Waals surface area (Å²) in [5, 5.41) is 0. The van der Waals surface area contributed by atoms with E-state index in [2.05, 4.69) is 33.5 Å². The fraction of sp³-hybridized carbons (Fsp3) is 0.400. The number of amides is 1. The Hall–Kier alpha value is -0.550. The Labute approximate surface area is 102 Å². The van der Waals surface area contributed by atoms with Gasteiger partial charge in [0.1, 0.15) is 5.82 Å². The van der Waals surface area contributed by atoms with Gasteiger partial charge in [-0.1, -0.05) is 0 Å². The molecule has 15 heavy (non-hydrogen) atoms. The smallest absolute Gasteiger partial charge is 0.228 e. The first-order valence-corrected chi connectivity index (χ1v) is 6.16. The average Bonchev–Trinajstić information content (AvgIpc) is 2.61. The summed E-state index contributed by atoms with van der Waals surface area (Å²) < 4.78 is 0.920. The minimum Gasteiger partial charge on any atom is -0.297 e. The molecule has 1 fully saturated rings. The number of hydrogen-bond acceptors (Lipinski definition) is 3. The van der Waals surface area contributed by atoms with E-state index in [9.17, 15) is 4.79 Å². The minimum absolute atomic E-state index is 0.142. The molecule has 2 rings (SSSR count). The first-order valence-electron chi connectivity index (χ1n) is 4.73. The summed E-state index contributed by atoms with van der Waals surface area (Å²) in [5.74, 6) is 1.97. The highest BCUT2D eigenvalue weighted by Crippen LogP contribution is 2.24. The number of anilines is 1. The van der Waals surface area contributed by atoms with Gasteiger partial charge in [0.05, 0.1) is 0 Å². The number of pyridine rings is 1. The van der Waals surface area contributed by atoms with Crippen molar-refractivity contribution in [3.05, 3.63) is 22.8 Å². The molecule has 3 nitrogen and oxygen atoms in total. The fourth-order valence-electron chi connectivity index (χ4n) is 1.65. The van der Waals surface area contributed by atoms with Crippen LogP contribution in [0.3, 0.4) is 0 Å². The molecule has 0 bridgehead atoms. The van der Waals surface area contributed by atoms with Crippen molar-refractivity contribution in [3.8, 4) is 0 Å². The van der Waals surface area contributed by atoms with Crippen molar-refractivity contribution in [1.29, 1.82) is 0 Å². The van der Waals surface area contributed by atoms with Crippen molar-refractivity contribution in [2.24, 2.45) is 5.92 Å². The van der Waals surface area contributed by atoms with Crippen molar-refractivity contribution in [2.45, 2.75) is 6.42 Å². The zero-order valence-corrected chi connectivity index (χ0v) is 10.5. The van der Waals surface area contributed by atoms with Gasteiger partial charge in [0.2, 0.25) is 5.91 Å². The summed E-state index contributed by atoms with van der Waals surface area (Å²) in [6.07, 6.45) is 2.29. The molecular formula is C10H11BrN2OS. The highest BCUT2D eigenvalue weighted by Gasteiger charge is 2.30. The highest BCUT2D eigenvalue weighted by molar-refractivity contribution is 9.10. The second-order valence-corrected chi connectivity index (χ2v) is 4.87. The molecule has 0 radical (unpaired) electrons. The number of aromatic nitrogens is 1. The molecule has 1 aliphatic rings. The van der Waals surface area contributed by atoms with Crippen molar-refractivity contribution in [1.82, 2.24) is 4.98 Å². The van der Waals surface area contributed by atoms with Crippen LogP contribution < -0.4 is 4.90 Å². The molecule has 1 aliphatic heterocycles. The zero-order chi connectivity index (χ0) is 10.8. The normalized spacial score (nSPS) is 21.1. The molecule has 1 atom stereocenters. The van der Waals surface area contributed by atoms with Gasteiger partial charge in [-0.2, -0.15) is 12.6 Å². The molecule has 1 aromatic heterocycles. The van der Waals surface area contributed by atoms with E-state index in [4.69, 9.17) is 0 Å². The number of thiol groups is 1. The van der Waals surface area contributed by atoms with Crippen molar-refractivity contribution >= 4 is 40.3 Å². The van der Waals surface area contributed by atoms with Gasteiger partial charge in [-0.15, -0.1) is 0 Å². The lowest BCUT2D eigenvalue weighted by Gasteiger charge is -2.14. The van der Waals surface area contributed by atoms with Gasteiger partial charge in [-0.3, -0.25) is 9.69 Å². The summed E-state index contributed by atoms with van der Waals surface area (Å²) in [6, 6.07) is 3.74. The first-order chi connectivity index (χ1) is 7.20. The van der Waals surface area contributed by atoms with Crippen LogP contribution in [0.15, 0.2) is 22.8 Å². The summed E-state index contributed by atoms with van der Waals surface area (Å²) in [6.45, 7) is 0.733. The number of carbonyl (C=O) groups excluding carboxylic acids is 1. The van der Waals surface area contributed by atoms with Gasteiger partial charge in [0.25, 0.3) is 0 Å². The van der Waals surface area contributed by atoms with E-state index in [0.29, 0.717) is 12.3 Å². The SMILES string of the molecule is O=C1CC(CS)CN1c1ccc(Br)cn1. The van der Waals surface area contributed by atoms with Gasteiger partial charge in [-0.05, 0) is 39.7 Å². The lowest BCUT2D eigenvalue weighted by atomic mass is 10.1. The summed E-state index contributed by atoms with van der Waals surface area (Å²) in [4.78, 5) is 17.6. The quantitative estimate of drug-likeness (QED) is 0.845. The Bertz CT molecular complexity index is 368. The van der Waals surface area contributed by atoms with Gasteiger partial charge in [0, 0.05) is 23.6 Å². The largest absolute Gasteiger partial charge is 0.297 e. The van der Waals surface area contributed by atoms with Crippen molar-refractivity contribution in [3.63, 3.8) is 0 Å². The minimum atomic E-state index is 0.142. The number of carbonyl (C=O) groups is 1. The van der Waals surface area contributed by atoms with Crippen LogP contribution in [0.5, 0.6) is 0 Å². The third-order valence-electron chi connectivity index (χ3n) is 2.45. The van der Waals surface area contributed by atoms with Crippen LogP contribution in [-0.2, 0) is 4.79 Å². The maximum atomic E-state index is 11.7. The van der Waals surface area contributed by atoms with E-state index >= 15 is 0 Å². The molecule has 1 saturated heterocycles. The monoisotopic (exact) mass is 286 g/mol. The molecule has 2 heterocycles. The third-order valence-corrected chi connectivity index (χ3v) is 3.44. The van der Waals surface area contributed by atoms with Crippen molar-refractivity contribution in [2.75, 3.05) is 17.2 Å². The summed E-state index contributed by atoms with van der Waals surface area (Å²) in [7, 11) is 0. The highest BCUT2D eigenvalue weighted by atomic mass is 79.9. The number of nitrogens with zero attached hydrogens (tertiary/aromatic N) is 2. The molecule has 0 N–H and O–H groups in total. The average molecular weight is 287 g/mol. The first kappa shape index (κ1) is 11.0. The van der Waals surface area contributed by atoms with E-state index in [-0.39, 0.29) is 5.91 Å². The molecule has 0 saturated carbocycles. The van der Waals surface area contributed by atoms with Crippen LogP contribution in [0.1, 0.15) is 6.42 Å². The van der Waals surface area contributed by atoms with E-state index in [0.717, 1.165) is 22.6 Å². The van der Waals surface area contributed by atoms with E-state index in [1.165, 1.54) is 0 Å². The second kappa shape index (κ2) is 4.53. The Kier molecular flexibility index (Phi) is 3.31. The van der Waals surface area contributed by atoms with Crippen LogP contribution in [0.2, 0.25) is 0 Å². The van der Waals surface area contributed by atoms with Crippen LogP contribution in [0.25, 0.3) is 0 Å². The third kappa shape index (κ3) is 2.34. The van der Waals surface area contributed by atoms with Gasteiger partial charge < -0.3 is 0 Å². The van der Waals surface area contributed by atoms with E-state index in [1.807, 2.05) is 12.1 Å². The Morgan fingerprint density at radius 1 is 1.60 bits per heavy atom. The van der Waals surface area contributed by atoms with Gasteiger partial charge in [0.15, 0.2) is 0 Å². The number of rotatable bonds is 2. The van der Waals surface area contributed by atoms with Gasteiger partial charge in [-0.25, -0.2) is 4.98 Å². The summed E-state index contributed by atoms with van der Waals surface area (Å²) >= 11 is 7.54. The Morgan fingerprint density at radius 3 is 2.93 bits per heavy atom. The van der Waals surface area contributed by atoms with E-state index in [1.54, 1.807) is 11.1 Å². The molecule has 0 aliphatic carbocycles. The molecule has 0 spiro atoms. The standard InChI is InChI=1S/C10H11BrN2OS/c11-8-1-2-9(12-4-8)13-5-7(6-15)3-10(13)14/h1-2,4,7,15H,3,5-6H2. The maximum Gasteiger partial charge on any atom is 0.228 e. The predicted octanol–water partition coefficient (Wildman–Crippen LogP) is 2.13. The molecule has 5 heteroatoms. The Morgan fingerprint density at radius 2 is 2.40 bits per heavy atom. The molecular weight excluding hydrogens is 276 g/mol. The molecule has 0 aromatic carbocycles. The lowest BCUT2D eigenvalue weighted by Crippen LogP contribution is -2.25. The van der Waals surface area contributed by atoms with Crippen LogP contribution in [-0.4, -0.2) is 23.2 Å². The fourth-order valence-corrected chi connectivity index (χ4v) is 2.13. The van der Waals surface area contributed by atoms with Crippen LogP contribution in [0.4, 0.5) is 5.82 Å². The molecule has 1 aromatic rings. The van der Waals surface area contributed by atoms with E-state index < -0.39 is 0 Å². The summed E-state index contributed by atoms with van der Waals surface area (Å²) in [5.41, 5.74) is 0. The lowest BCUT2D eigenvalue weighted by molar-refractivity contribution is -0.117. The molecule has 80 valence electrons. The number of hydrogen-bond donors (Lipinski definition) is 1. The Balaban J connectivity index is 2.18. The zero-order valence-electron chi connectivity index (χ0n) is 8.06. The van der Waals surface area contributed by atoms with Gasteiger partial charge >= 0.3 is 0 Å². The van der Waals surface area contributed by atoms with Crippen molar-refractivity contribution < 1.29 is 4.79 Å². The second-order valence-electron chi connectivity index (χ2n) is 3.59. The topological polar surface area (TPSA) is 33.2 Å². The maximum absolute atomic E-state index is 11.7. The predicted molar refractivity (Wildman–Crippen MR) is 66.3 cm³/mol. The molecule has 1 unspecified atom stereocenters. The number of halogens is 1. The molecule has 1 amide bonds.